The summed E-state index contributed by atoms with van der Waals surface area (Å²) in [6, 6.07) is 0. The topological polar surface area (TPSA) is 132 Å². The van der Waals surface area contributed by atoms with Crippen LogP contribution in [0.4, 0.5) is 0 Å². The third kappa shape index (κ3) is 7.79. The number of rotatable bonds is 5. The van der Waals surface area contributed by atoms with Gasteiger partial charge in [-0.1, -0.05) is 0 Å². The van der Waals surface area contributed by atoms with Gasteiger partial charge < -0.3 is 20.4 Å². The molecule has 0 aromatic carbocycles. The average Bonchev–Trinajstić information content (AvgIpc) is 1.82. The van der Waals surface area contributed by atoms with Crippen molar-refractivity contribution in [2.75, 3.05) is 0 Å². The van der Waals surface area contributed by atoms with E-state index in [9.17, 15) is 14.4 Å². The standard InChI is InChI=1S/C6H8O7.Al.Na.4H/c7-3(8)1-6(13,5(11)12)2-4(9)10;;;;;;/h13H,1-2H2,(H,7,8)(H,9,10)(H,11,12);;;;;;. The summed E-state index contributed by atoms with van der Waals surface area (Å²) in [5.41, 5.74) is -2.74. The Hall–Kier alpha value is -0.0975. The first-order chi connectivity index (χ1) is 5.78. The molecular weight excluding hydrogens is 234 g/mol. The molecule has 0 spiro atoms. The Morgan fingerprint density at radius 1 is 0.933 bits per heavy atom. The van der Waals surface area contributed by atoms with Crippen molar-refractivity contribution in [3.05, 3.63) is 0 Å². The van der Waals surface area contributed by atoms with Crippen LogP contribution >= 0.6 is 0 Å². The van der Waals surface area contributed by atoms with Gasteiger partial charge in [0, 0.05) is 0 Å². The second-order valence-corrected chi connectivity index (χ2v) is 2.48. The van der Waals surface area contributed by atoms with Gasteiger partial charge in [0.2, 0.25) is 0 Å². The zero-order valence-corrected chi connectivity index (χ0v) is 6.43. The molecule has 0 saturated carbocycles. The Morgan fingerprint density at radius 3 is 1.33 bits per heavy atom. The monoisotopic (exact) mass is 246 g/mol. The first-order valence-electron chi connectivity index (χ1n) is 3.17. The fourth-order valence-corrected chi connectivity index (χ4v) is 0.714. The van der Waals surface area contributed by atoms with Gasteiger partial charge in [-0.05, 0) is 0 Å². The molecule has 0 rings (SSSR count). The van der Waals surface area contributed by atoms with E-state index in [1.165, 1.54) is 0 Å². The number of aliphatic hydroxyl groups is 1. The second-order valence-electron chi connectivity index (χ2n) is 2.48. The zero-order valence-electron chi connectivity index (χ0n) is 6.43. The molecule has 0 fully saturated rings. The van der Waals surface area contributed by atoms with Gasteiger partial charge in [0.25, 0.3) is 0 Å². The maximum absolute atomic E-state index is 10.3. The van der Waals surface area contributed by atoms with Gasteiger partial charge in [-0.2, -0.15) is 0 Å². The Balaban J connectivity index is -0.000000720. The molecule has 0 radical (unpaired) electrons. The van der Waals surface area contributed by atoms with Crippen LogP contribution in [-0.2, 0) is 14.4 Å². The Labute approximate surface area is 118 Å². The summed E-state index contributed by atoms with van der Waals surface area (Å²) in [6.07, 6.45) is -2.29. The first kappa shape index (κ1) is 20.3. The molecule has 0 atom stereocenters. The van der Waals surface area contributed by atoms with Crippen LogP contribution in [0.25, 0.3) is 0 Å². The maximum atomic E-state index is 10.3. The van der Waals surface area contributed by atoms with Crippen LogP contribution in [-0.4, -0.2) is 90.9 Å². The summed E-state index contributed by atoms with van der Waals surface area (Å²) < 4.78 is 0. The molecule has 0 heterocycles. The minimum absolute atomic E-state index is 0. The normalized spacial score (nSPS) is 9.40. The molecule has 0 aliphatic rings. The van der Waals surface area contributed by atoms with Crippen molar-refractivity contribution in [3.63, 3.8) is 0 Å². The summed E-state index contributed by atoms with van der Waals surface area (Å²) in [5, 5.41) is 33.8. The van der Waals surface area contributed by atoms with E-state index in [1.54, 1.807) is 0 Å². The fourth-order valence-electron chi connectivity index (χ4n) is 0.714. The van der Waals surface area contributed by atoms with Crippen molar-refractivity contribution in [2.24, 2.45) is 0 Å². The molecule has 0 unspecified atom stereocenters. The third-order valence-corrected chi connectivity index (χ3v) is 1.29. The van der Waals surface area contributed by atoms with E-state index in [0.29, 0.717) is 0 Å². The van der Waals surface area contributed by atoms with E-state index in [4.69, 9.17) is 20.4 Å². The van der Waals surface area contributed by atoms with E-state index < -0.39 is 36.4 Å². The summed E-state index contributed by atoms with van der Waals surface area (Å²) in [5.74, 6) is -5.02. The van der Waals surface area contributed by atoms with Crippen LogP contribution in [0.3, 0.4) is 0 Å². The number of carboxylic acid groups (broad SMARTS) is 3. The Kier molecular flexibility index (Phi) is 11.0. The number of aliphatic carboxylic acids is 3. The van der Waals surface area contributed by atoms with Gasteiger partial charge in [-0.25, -0.2) is 4.79 Å². The van der Waals surface area contributed by atoms with E-state index in [2.05, 4.69) is 0 Å². The van der Waals surface area contributed by atoms with Crippen molar-refractivity contribution >= 4 is 64.8 Å². The Bertz CT molecular complexity index is 238. The van der Waals surface area contributed by atoms with Gasteiger partial charge in [-0.15, -0.1) is 0 Å². The molecular formula is C6H12AlNaO7. The minimum atomic E-state index is -2.74. The number of hydrogen-bond acceptors (Lipinski definition) is 4. The van der Waals surface area contributed by atoms with Crippen LogP contribution in [0.15, 0.2) is 0 Å². The van der Waals surface area contributed by atoms with E-state index >= 15 is 0 Å². The molecule has 4 N–H and O–H groups in total. The molecule has 0 aliphatic carbocycles. The van der Waals surface area contributed by atoms with Crippen molar-refractivity contribution < 1.29 is 34.8 Å². The molecule has 0 aromatic heterocycles. The van der Waals surface area contributed by atoms with Gasteiger partial charge in [0.1, 0.15) is 0 Å². The second kappa shape index (κ2) is 8.10. The molecule has 0 aromatic rings. The SMILES string of the molecule is O=C(O)CC(O)(CC(=O)O)C(=O)O.[AlH3].[NaH]. The summed E-state index contributed by atoms with van der Waals surface area (Å²) >= 11 is 0. The van der Waals surface area contributed by atoms with Crippen LogP contribution in [0, 0.1) is 0 Å². The number of hydrogen-bond donors (Lipinski definition) is 4. The van der Waals surface area contributed by atoms with Crippen LogP contribution in [0.2, 0.25) is 0 Å². The van der Waals surface area contributed by atoms with Crippen molar-refractivity contribution in [1.82, 2.24) is 0 Å². The van der Waals surface area contributed by atoms with E-state index in [1.807, 2.05) is 0 Å². The van der Waals surface area contributed by atoms with Gasteiger partial charge in [0.05, 0.1) is 12.8 Å². The third-order valence-electron chi connectivity index (χ3n) is 1.29. The predicted octanol–water partition coefficient (Wildman–Crippen LogP) is -3.08. The molecule has 0 aliphatic heterocycles. The van der Waals surface area contributed by atoms with Crippen molar-refractivity contribution in [3.8, 4) is 0 Å². The molecule has 0 bridgehead atoms. The van der Waals surface area contributed by atoms with Crippen molar-refractivity contribution in [1.29, 1.82) is 0 Å². The number of carbonyl (C=O) groups is 3. The fraction of sp³-hybridized carbons (Fsp3) is 0.500. The summed E-state index contributed by atoms with van der Waals surface area (Å²) in [7, 11) is 0. The van der Waals surface area contributed by atoms with Gasteiger partial charge in [-0.3, -0.25) is 9.59 Å². The quantitative estimate of drug-likeness (QED) is 0.378. The first-order valence-corrected chi connectivity index (χ1v) is 3.17. The van der Waals surface area contributed by atoms with E-state index in [0.717, 1.165) is 0 Å². The summed E-state index contributed by atoms with van der Waals surface area (Å²) in [4.78, 5) is 30.5. The van der Waals surface area contributed by atoms with E-state index in [-0.39, 0.29) is 46.9 Å². The Morgan fingerprint density at radius 2 is 1.20 bits per heavy atom. The van der Waals surface area contributed by atoms with Crippen LogP contribution in [0.1, 0.15) is 12.8 Å². The average molecular weight is 246 g/mol. The molecule has 0 amide bonds. The molecule has 7 nitrogen and oxygen atoms in total. The summed E-state index contributed by atoms with van der Waals surface area (Å²) in [6.45, 7) is 0. The predicted molar refractivity (Wildman–Crippen MR) is 54.2 cm³/mol. The van der Waals surface area contributed by atoms with Gasteiger partial charge >= 0.3 is 47.5 Å². The van der Waals surface area contributed by atoms with Gasteiger partial charge in [0.15, 0.2) is 23.0 Å². The van der Waals surface area contributed by atoms with Crippen molar-refractivity contribution in [2.45, 2.75) is 18.4 Å². The molecule has 15 heavy (non-hydrogen) atoms. The van der Waals surface area contributed by atoms with Crippen LogP contribution in [0.5, 0.6) is 0 Å². The molecule has 9 heteroatoms. The zero-order chi connectivity index (χ0) is 10.6. The van der Waals surface area contributed by atoms with Crippen LogP contribution < -0.4 is 0 Å². The number of carboxylic acids is 3. The molecule has 0 saturated heterocycles. The molecule has 82 valence electrons.